The number of hydrogen-bond acceptors (Lipinski definition) is 5. The van der Waals surface area contributed by atoms with Crippen LogP contribution in [0, 0.1) is 6.92 Å². The van der Waals surface area contributed by atoms with E-state index in [0.29, 0.717) is 17.1 Å². The van der Waals surface area contributed by atoms with E-state index in [0.717, 1.165) is 0 Å². The van der Waals surface area contributed by atoms with Gasteiger partial charge in [0.2, 0.25) is 15.6 Å². The van der Waals surface area contributed by atoms with Gasteiger partial charge in [-0.3, -0.25) is 4.79 Å². The molecule has 1 aromatic carbocycles. The van der Waals surface area contributed by atoms with E-state index >= 15 is 0 Å². The van der Waals surface area contributed by atoms with Crippen LogP contribution in [0.4, 0.5) is 25.2 Å². The van der Waals surface area contributed by atoms with Crippen molar-refractivity contribution in [1.82, 2.24) is 0 Å². The normalized spacial score (nSPS) is 17.3. The number of ketones is 1. The Morgan fingerprint density at radius 1 is 1.00 bits per heavy atom. The van der Waals surface area contributed by atoms with Crippen molar-refractivity contribution >= 4 is 34.3 Å². The molecule has 1 heterocycles. The van der Waals surface area contributed by atoms with Gasteiger partial charge in [0.15, 0.2) is 5.75 Å². The molecule has 14 heteroatoms. The number of carbonyl (C=O) groups excluding carboxylic acids is 1. The predicted octanol–water partition coefficient (Wildman–Crippen LogP) is 3.31. The quantitative estimate of drug-likeness (QED) is 0.217. The molecule has 2 rings (SSSR count). The van der Waals surface area contributed by atoms with Gasteiger partial charge in [0.1, 0.15) is 16.4 Å². The third kappa shape index (κ3) is 8.34. The van der Waals surface area contributed by atoms with Crippen LogP contribution in [-0.2, 0) is 20.7 Å². The van der Waals surface area contributed by atoms with Crippen LogP contribution < -0.4 is 0 Å². The van der Waals surface area contributed by atoms with Crippen molar-refractivity contribution in [2.24, 2.45) is 0 Å². The first kappa shape index (κ1) is 24.2. The number of aliphatic hydroxyl groups excluding tert-OH is 2. The number of sulfone groups is 1. The van der Waals surface area contributed by atoms with Gasteiger partial charge >= 0.3 is 33.0 Å². The van der Waals surface area contributed by atoms with Crippen LogP contribution in [0.15, 0.2) is 21.9 Å². The molecule has 27 heavy (non-hydrogen) atoms. The molecule has 0 saturated heterocycles. The van der Waals surface area contributed by atoms with Crippen molar-refractivity contribution in [3.63, 3.8) is 0 Å². The molecular formula is C13H17F6O5PS2. The Hall–Kier alpha value is -0.880. The minimum atomic E-state index is -10.7. The van der Waals surface area contributed by atoms with E-state index in [4.69, 9.17) is 10.2 Å². The molecule has 0 spiro atoms. The number of rotatable bonds is 7. The molecule has 0 unspecified atom stereocenters. The van der Waals surface area contributed by atoms with Crippen LogP contribution in [0.5, 0.6) is 0 Å². The average molecular weight is 462 g/mol. The Bertz CT molecular complexity index is 822. The van der Waals surface area contributed by atoms with Crippen molar-refractivity contribution in [3.8, 4) is 0 Å². The maximum atomic E-state index is 12.2. The van der Waals surface area contributed by atoms with Gasteiger partial charge in [-0.1, -0.05) is 6.07 Å². The van der Waals surface area contributed by atoms with E-state index in [1.54, 1.807) is 19.1 Å². The summed E-state index contributed by atoms with van der Waals surface area (Å²) in [6.07, 6.45) is 0. The van der Waals surface area contributed by atoms with Crippen LogP contribution in [-0.4, -0.2) is 54.9 Å². The summed E-state index contributed by atoms with van der Waals surface area (Å²) < 4.78 is 82.8. The maximum absolute atomic E-state index is 12.2. The Morgan fingerprint density at radius 3 is 1.85 bits per heavy atom. The Labute approximate surface area is 153 Å². The van der Waals surface area contributed by atoms with E-state index in [1.807, 2.05) is 0 Å². The van der Waals surface area contributed by atoms with Crippen molar-refractivity contribution in [1.29, 1.82) is 0 Å². The summed E-state index contributed by atoms with van der Waals surface area (Å²) in [7, 11) is -14.4. The fraction of sp³-hybridized carbons (Fsp3) is 0.462. The Balaban J connectivity index is 0.000000445. The van der Waals surface area contributed by atoms with Gasteiger partial charge in [0.25, 0.3) is 0 Å². The molecule has 1 aromatic rings. The average Bonchev–Trinajstić information content (AvgIpc) is 3.00. The molecule has 0 saturated carbocycles. The second-order valence-electron chi connectivity index (χ2n) is 5.59. The zero-order chi connectivity index (χ0) is 21.3. The number of aliphatic hydroxyl groups is 2. The van der Waals surface area contributed by atoms with E-state index in [-0.39, 0.29) is 40.1 Å². The molecule has 5 nitrogen and oxygen atoms in total. The third-order valence-corrected chi connectivity index (χ3v) is 7.21. The number of halogens is 6. The van der Waals surface area contributed by atoms with Crippen LogP contribution in [0.3, 0.4) is 0 Å². The van der Waals surface area contributed by atoms with Crippen molar-refractivity contribution in [2.45, 2.75) is 16.7 Å². The van der Waals surface area contributed by atoms with Gasteiger partial charge < -0.3 is 10.2 Å². The first-order valence-corrected chi connectivity index (χ1v) is 12.5. The third-order valence-electron chi connectivity index (χ3n) is 3.20. The summed E-state index contributed by atoms with van der Waals surface area (Å²) in [4.78, 5) is 12.7. The monoisotopic (exact) mass is 462 g/mol. The standard InChI is InChI=1S/C13H17O5S2.F6P/c1-9-2-3-10(13-12(9)20(13,17)18)11(16)8-19(6-4-14)7-5-15;1-7(2,3,4,5)6/h2-3,14-15H,4-8H2,1H3;/q+1;-1. The Kier molecular flexibility index (Phi) is 6.42. The van der Waals surface area contributed by atoms with E-state index < -0.39 is 28.5 Å². The molecular weight excluding hydrogens is 445 g/mol. The number of carbonyl (C=O) groups is 1. The summed E-state index contributed by atoms with van der Waals surface area (Å²) in [6.45, 7) is 1.63. The first-order chi connectivity index (χ1) is 11.9. The minimum absolute atomic E-state index is 0.0410. The molecule has 0 bridgehead atoms. The summed E-state index contributed by atoms with van der Waals surface area (Å²) in [6, 6.07) is 3.20. The van der Waals surface area contributed by atoms with Gasteiger partial charge in [-0.15, -0.1) is 0 Å². The van der Waals surface area contributed by atoms with Gasteiger partial charge in [0, 0.05) is 16.5 Å². The number of benzene rings is 1. The second-order valence-corrected chi connectivity index (χ2v) is 11.7. The molecule has 0 aromatic heterocycles. The summed E-state index contributed by atoms with van der Waals surface area (Å²) in [5.74, 6) is 0.847. The molecule has 158 valence electrons. The van der Waals surface area contributed by atoms with Gasteiger partial charge in [-0.05, 0) is 18.6 Å². The number of aryl methyl sites for hydroxylation is 1. The molecule has 0 atom stereocenters. The number of fused-ring (bicyclic) bond motifs is 1. The van der Waals surface area contributed by atoms with Crippen LogP contribution in [0.1, 0.15) is 15.9 Å². The first-order valence-electron chi connectivity index (χ1n) is 7.22. The van der Waals surface area contributed by atoms with Gasteiger partial charge in [-0.2, -0.15) is 0 Å². The fourth-order valence-electron chi connectivity index (χ4n) is 2.20. The predicted molar refractivity (Wildman–Crippen MR) is 90.7 cm³/mol. The zero-order valence-electron chi connectivity index (χ0n) is 13.8. The molecule has 2 N–H and O–H groups in total. The number of Topliss-reactive ketones (excluding diaryl/α,β-unsaturated/α-hetero) is 1. The van der Waals surface area contributed by atoms with E-state index in [2.05, 4.69) is 0 Å². The molecule has 1 aliphatic heterocycles. The Morgan fingerprint density at radius 2 is 1.44 bits per heavy atom. The summed E-state index contributed by atoms with van der Waals surface area (Å²) in [5, 5.41) is 17.9. The molecule has 0 radical (unpaired) electrons. The van der Waals surface area contributed by atoms with Crippen molar-refractivity contribution in [2.75, 3.05) is 30.5 Å². The fourth-order valence-corrected chi connectivity index (χ4v) is 5.56. The number of hydrogen-bond donors (Lipinski definition) is 2. The zero-order valence-corrected chi connectivity index (χ0v) is 16.4. The van der Waals surface area contributed by atoms with Gasteiger partial charge in [-0.25, -0.2) is 8.42 Å². The molecule has 0 amide bonds. The second kappa shape index (κ2) is 7.18. The van der Waals surface area contributed by atoms with E-state index in [1.165, 1.54) is 0 Å². The molecule has 0 fully saturated rings. The van der Waals surface area contributed by atoms with Crippen molar-refractivity contribution < 1.29 is 48.6 Å². The van der Waals surface area contributed by atoms with E-state index in [9.17, 15) is 38.4 Å². The SMILES string of the molecule is Cc1ccc(C(=O)C[S+](CCO)CCO)c2c1S2(=O)=O.F[P-](F)(F)(F)(F)F. The molecule has 0 aliphatic carbocycles. The van der Waals surface area contributed by atoms with Gasteiger partial charge in [0.05, 0.1) is 18.1 Å². The summed E-state index contributed by atoms with van der Waals surface area (Å²) >= 11 is 0. The van der Waals surface area contributed by atoms with Crippen molar-refractivity contribution in [3.05, 3.63) is 23.3 Å². The van der Waals surface area contributed by atoms with Crippen LogP contribution in [0.2, 0.25) is 0 Å². The molecule has 1 aliphatic rings. The topological polar surface area (TPSA) is 91.7 Å². The summed E-state index contributed by atoms with van der Waals surface area (Å²) in [5.41, 5.74) is 0.917. The van der Waals surface area contributed by atoms with Crippen LogP contribution in [0.25, 0.3) is 0 Å². The van der Waals surface area contributed by atoms with Crippen LogP contribution >= 0.6 is 7.81 Å².